The molecule has 1 fully saturated rings. The molecule has 130 valence electrons. The van der Waals surface area contributed by atoms with Crippen LogP contribution in [0, 0.1) is 13.8 Å². The lowest BCUT2D eigenvalue weighted by Gasteiger charge is -2.33. The van der Waals surface area contributed by atoms with Gasteiger partial charge in [-0.15, -0.1) is 0 Å². The second-order valence-electron chi connectivity index (χ2n) is 6.03. The summed E-state index contributed by atoms with van der Waals surface area (Å²) in [7, 11) is 0. The highest BCUT2D eigenvalue weighted by Crippen LogP contribution is 2.23. The second-order valence-corrected chi connectivity index (χ2v) is 6.03. The fraction of sp³-hybridized carbons (Fsp3) is 0.529. The number of carbonyl (C=O) groups is 1. The molecule has 1 amide bonds. The van der Waals surface area contributed by atoms with Gasteiger partial charge in [0, 0.05) is 25.7 Å². The van der Waals surface area contributed by atoms with Gasteiger partial charge in [0.05, 0.1) is 31.4 Å². The molecule has 2 aromatic heterocycles. The first-order chi connectivity index (χ1) is 11.6. The van der Waals surface area contributed by atoms with Crippen molar-refractivity contribution in [3.05, 3.63) is 41.2 Å². The van der Waals surface area contributed by atoms with Crippen LogP contribution in [0.5, 0.6) is 0 Å². The van der Waals surface area contributed by atoms with E-state index in [1.54, 1.807) is 6.07 Å². The number of furan rings is 1. The van der Waals surface area contributed by atoms with Crippen molar-refractivity contribution < 1.29 is 18.5 Å². The maximum Gasteiger partial charge on any atom is 0.227 e. The van der Waals surface area contributed by atoms with Gasteiger partial charge in [-0.2, -0.15) is 0 Å². The number of aryl methyl sites for hydroxylation is 2. The predicted molar refractivity (Wildman–Crippen MR) is 86.5 cm³/mol. The minimum Gasteiger partial charge on any atom is -0.465 e. The van der Waals surface area contributed by atoms with E-state index in [-0.39, 0.29) is 18.4 Å². The fourth-order valence-corrected chi connectivity index (χ4v) is 2.86. The molecule has 1 aliphatic rings. The van der Waals surface area contributed by atoms with Gasteiger partial charge in [0.25, 0.3) is 0 Å². The lowest BCUT2D eigenvalue weighted by atomic mass is 10.1. The van der Waals surface area contributed by atoms with Crippen molar-refractivity contribution in [1.29, 1.82) is 0 Å². The van der Waals surface area contributed by atoms with Crippen molar-refractivity contribution >= 4 is 5.91 Å². The van der Waals surface area contributed by atoms with Gasteiger partial charge >= 0.3 is 0 Å². The van der Waals surface area contributed by atoms with Crippen molar-refractivity contribution in [2.24, 2.45) is 0 Å². The highest BCUT2D eigenvalue weighted by molar-refractivity contribution is 5.77. The Bertz CT molecular complexity index is 673. The molecular formula is C17H23N3O4. The predicted octanol–water partition coefficient (Wildman–Crippen LogP) is 1.62. The van der Waals surface area contributed by atoms with E-state index in [9.17, 15) is 4.79 Å². The van der Waals surface area contributed by atoms with Crippen LogP contribution in [0.1, 0.15) is 29.0 Å². The molecule has 24 heavy (non-hydrogen) atoms. The number of ether oxygens (including phenoxy) is 1. The Balaban J connectivity index is 1.61. The molecule has 0 saturated carbocycles. The Labute approximate surface area is 140 Å². The summed E-state index contributed by atoms with van der Waals surface area (Å²) in [6.07, 6.45) is 0.188. The number of rotatable bonds is 6. The zero-order valence-electron chi connectivity index (χ0n) is 14.1. The molecular weight excluding hydrogens is 310 g/mol. The normalized spacial score (nSPS) is 16.9. The van der Waals surface area contributed by atoms with Gasteiger partial charge in [-0.25, -0.2) is 0 Å². The molecule has 3 rings (SSSR count). The summed E-state index contributed by atoms with van der Waals surface area (Å²) < 4.78 is 16.3. The summed E-state index contributed by atoms with van der Waals surface area (Å²) in [6, 6.07) is 5.70. The van der Waals surface area contributed by atoms with Crippen molar-refractivity contribution in [2.75, 3.05) is 32.8 Å². The van der Waals surface area contributed by atoms with Crippen molar-refractivity contribution in [1.82, 2.24) is 15.4 Å². The maximum atomic E-state index is 12.2. The average molecular weight is 333 g/mol. The van der Waals surface area contributed by atoms with Crippen LogP contribution in [0.4, 0.5) is 0 Å². The Hall–Kier alpha value is -2.12. The molecule has 7 nitrogen and oxygen atoms in total. The Kier molecular flexibility index (Phi) is 5.32. The van der Waals surface area contributed by atoms with Crippen LogP contribution in [0.2, 0.25) is 0 Å². The lowest BCUT2D eigenvalue weighted by molar-refractivity contribution is -0.121. The Morgan fingerprint density at radius 3 is 2.75 bits per heavy atom. The highest BCUT2D eigenvalue weighted by Gasteiger charge is 2.25. The molecule has 0 aromatic carbocycles. The second kappa shape index (κ2) is 7.63. The number of amides is 1. The van der Waals surface area contributed by atoms with Crippen LogP contribution >= 0.6 is 0 Å². The average Bonchev–Trinajstić information content (AvgIpc) is 3.17. The first kappa shape index (κ1) is 16.7. The lowest BCUT2D eigenvalue weighted by Crippen LogP contribution is -2.43. The fourth-order valence-electron chi connectivity index (χ4n) is 2.86. The van der Waals surface area contributed by atoms with Crippen LogP contribution in [0.25, 0.3) is 0 Å². The van der Waals surface area contributed by atoms with Gasteiger partial charge in [-0.1, -0.05) is 5.16 Å². The molecule has 0 bridgehead atoms. The SMILES string of the molecule is Cc1cc(CC(=O)NCC(c2ccc(C)o2)N2CCOCC2)on1. The largest absolute Gasteiger partial charge is 0.465 e. The molecule has 7 heteroatoms. The molecule has 0 radical (unpaired) electrons. The van der Waals surface area contributed by atoms with Crippen molar-refractivity contribution in [2.45, 2.75) is 26.3 Å². The smallest absolute Gasteiger partial charge is 0.227 e. The standard InChI is InChI=1S/C17H23N3O4/c1-12-9-14(24-19-12)10-17(21)18-11-15(16-4-3-13(2)23-16)20-5-7-22-8-6-20/h3-4,9,15H,5-8,10-11H2,1-2H3,(H,18,21). The summed E-state index contributed by atoms with van der Waals surface area (Å²) in [6.45, 7) is 7.27. The molecule has 1 unspecified atom stereocenters. The molecule has 3 heterocycles. The van der Waals surface area contributed by atoms with Crippen LogP contribution in [-0.4, -0.2) is 48.8 Å². The number of hydrogen-bond donors (Lipinski definition) is 1. The zero-order chi connectivity index (χ0) is 16.9. The van der Waals surface area contributed by atoms with E-state index in [4.69, 9.17) is 13.7 Å². The van der Waals surface area contributed by atoms with Crippen LogP contribution in [0.3, 0.4) is 0 Å². The van der Waals surface area contributed by atoms with E-state index in [0.717, 1.165) is 30.3 Å². The third-order valence-corrected chi connectivity index (χ3v) is 4.08. The van der Waals surface area contributed by atoms with Crippen molar-refractivity contribution in [3.63, 3.8) is 0 Å². The molecule has 0 spiro atoms. The molecule has 2 aromatic rings. The Morgan fingerprint density at radius 1 is 1.33 bits per heavy atom. The molecule has 1 atom stereocenters. The first-order valence-corrected chi connectivity index (χ1v) is 8.19. The van der Waals surface area contributed by atoms with E-state index in [0.29, 0.717) is 25.5 Å². The van der Waals surface area contributed by atoms with Gasteiger partial charge in [0.2, 0.25) is 5.91 Å². The van der Waals surface area contributed by atoms with E-state index in [1.807, 2.05) is 26.0 Å². The van der Waals surface area contributed by atoms with Crippen molar-refractivity contribution in [3.8, 4) is 0 Å². The third kappa shape index (κ3) is 4.24. The summed E-state index contributed by atoms with van der Waals surface area (Å²) in [5.74, 6) is 2.21. The Morgan fingerprint density at radius 2 is 2.12 bits per heavy atom. The molecule has 1 saturated heterocycles. The summed E-state index contributed by atoms with van der Waals surface area (Å²) in [5, 5.41) is 6.77. The third-order valence-electron chi connectivity index (χ3n) is 4.08. The number of nitrogens with zero attached hydrogens (tertiary/aromatic N) is 2. The first-order valence-electron chi connectivity index (χ1n) is 8.19. The summed E-state index contributed by atoms with van der Waals surface area (Å²) in [4.78, 5) is 14.5. The molecule has 1 aliphatic heterocycles. The van der Waals surface area contributed by atoms with E-state index in [1.165, 1.54) is 0 Å². The minimum absolute atomic E-state index is 0.00279. The van der Waals surface area contributed by atoms with Gasteiger partial charge in [-0.3, -0.25) is 9.69 Å². The number of aromatic nitrogens is 1. The zero-order valence-corrected chi connectivity index (χ0v) is 14.1. The van der Waals surface area contributed by atoms with E-state index < -0.39 is 0 Å². The number of carbonyl (C=O) groups excluding carboxylic acids is 1. The van der Waals surface area contributed by atoms with Crippen LogP contribution in [0.15, 0.2) is 27.1 Å². The molecule has 0 aliphatic carbocycles. The van der Waals surface area contributed by atoms with E-state index >= 15 is 0 Å². The number of nitrogens with one attached hydrogen (secondary N) is 1. The molecule has 1 N–H and O–H groups in total. The quantitative estimate of drug-likeness (QED) is 0.865. The minimum atomic E-state index is -0.0901. The van der Waals surface area contributed by atoms with Gasteiger partial charge in [0.1, 0.15) is 17.3 Å². The number of hydrogen-bond acceptors (Lipinski definition) is 6. The van der Waals surface area contributed by atoms with E-state index in [2.05, 4.69) is 15.4 Å². The van der Waals surface area contributed by atoms with Crippen LogP contribution in [-0.2, 0) is 16.0 Å². The summed E-state index contributed by atoms with van der Waals surface area (Å²) >= 11 is 0. The van der Waals surface area contributed by atoms with Gasteiger partial charge < -0.3 is 19.0 Å². The van der Waals surface area contributed by atoms with Crippen LogP contribution < -0.4 is 5.32 Å². The topological polar surface area (TPSA) is 80.7 Å². The highest BCUT2D eigenvalue weighted by atomic mass is 16.5. The monoisotopic (exact) mass is 333 g/mol. The number of morpholine rings is 1. The van der Waals surface area contributed by atoms with Gasteiger partial charge in [-0.05, 0) is 26.0 Å². The maximum absolute atomic E-state index is 12.2. The van der Waals surface area contributed by atoms with Gasteiger partial charge in [0.15, 0.2) is 0 Å². The summed E-state index contributed by atoms with van der Waals surface area (Å²) in [5.41, 5.74) is 0.773.